The maximum Gasteiger partial charge on any atom is 0.147 e. The number of benzene rings is 2. The van der Waals surface area contributed by atoms with Crippen molar-refractivity contribution in [1.29, 1.82) is 0 Å². The Kier molecular flexibility index (Phi) is 4.26. The van der Waals surface area contributed by atoms with Gasteiger partial charge in [-0.2, -0.15) is 0 Å². The Balaban J connectivity index is 2.23. The van der Waals surface area contributed by atoms with Gasteiger partial charge < -0.3 is 0 Å². The molecule has 2 aromatic carbocycles. The number of aryl methyl sites for hydroxylation is 2. The van der Waals surface area contributed by atoms with E-state index >= 15 is 0 Å². The molecular formula is C19H21FO. The predicted molar refractivity (Wildman–Crippen MR) is 84.1 cm³/mol. The number of hydrogen-bond acceptors (Lipinski definition) is 1. The molecule has 0 saturated heterocycles. The molecule has 0 bridgehead atoms. The number of rotatable bonds is 4. The fraction of sp³-hybridized carbons (Fsp3) is 0.316. The summed E-state index contributed by atoms with van der Waals surface area (Å²) in [4.78, 5) is 12.6. The minimum atomic E-state index is -0.620. The van der Waals surface area contributed by atoms with E-state index < -0.39 is 5.41 Å². The Morgan fingerprint density at radius 3 is 2.05 bits per heavy atom. The van der Waals surface area contributed by atoms with E-state index in [1.165, 1.54) is 12.1 Å². The summed E-state index contributed by atoms with van der Waals surface area (Å²) in [5, 5.41) is 0. The summed E-state index contributed by atoms with van der Waals surface area (Å²) in [6.45, 7) is 7.86. The molecule has 0 amide bonds. The Hall–Kier alpha value is -1.96. The highest BCUT2D eigenvalue weighted by molar-refractivity contribution is 5.91. The molecule has 0 spiro atoms. The van der Waals surface area contributed by atoms with Gasteiger partial charge in [-0.1, -0.05) is 41.5 Å². The number of carbonyl (C=O) groups excluding carboxylic acids is 1. The molecule has 0 atom stereocenters. The molecule has 0 radical (unpaired) electrons. The summed E-state index contributed by atoms with van der Waals surface area (Å²) in [5.41, 5.74) is 3.59. The highest BCUT2D eigenvalue weighted by atomic mass is 19.1. The fourth-order valence-electron chi connectivity index (χ4n) is 2.60. The first kappa shape index (κ1) is 15.4. The number of carbonyl (C=O) groups is 1. The van der Waals surface area contributed by atoms with Gasteiger partial charge in [-0.25, -0.2) is 4.39 Å². The first-order chi connectivity index (χ1) is 9.79. The fourth-order valence-corrected chi connectivity index (χ4v) is 2.60. The molecule has 110 valence electrons. The lowest BCUT2D eigenvalue weighted by molar-refractivity contribution is -0.122. The Morgan fingerprint density at radius 2 is 1.52 bits per heavy atom. The van der Waals surface area contributed by atoms with Gasteiger partial charge in [0.2, 0.25) is 0 Å². The molecule has 2 aromatic rings. The van der Waals surface area contributed by atoms with E-state index in [4.69, 9.17) is 0 Å². The monoisotopic (exact) mass is 284 g/mol. The van der Waals surface area contributed by atoms with Crippen LogP contribution in [0.3, 0.4) is 0 Å². The van der Waals surface area contributed by atoms with Gasteiger partial charge in [0, 0.05) is 11.8 Å². The Labute approximate surface area is 125 Å². The lowest BCUT2D eigenvalue weighted by Gasteiger charge is -2.24. The Bertz CT molecular complexity index is 634. The van der Waals surface area contributed by atoms with Crippen LogP contribution in [0, 0.1) is 19.7 Å². The first-order valence-electron chi connectivity index (χ1n) is 7.15. The molecule has 0 aliphatic rings. The van der Waals surface area contributed by atoms with Crippen LogP contribution in [0.25, 0.3) is 0 Å². The van der Waals surface area contributed by atoms with Crippen molar-refractivity contribution in [2.24, 2.45) is 0 Å². The van der Waals surface area contributed by atoms with Gasteiger partial charge in [0.1, 0.15) is 11.6 Å². The van der Waals surface area contributed by atoms with Crippen molar-refractivity contribution in [3.63, 3.8) is 0 Å². The maximum absolute atomic E-state index is 13.0. The van der Waals surface area contributed by atoms with Crippen LogP contribution in [0.15, 0.2) is 42.5 Å². The third-order valence-corrected chi connectivity index (χ3v) is 3.91. The van der Waals surface area contributed by atoms with Gasteiger partial charge in [-0.05, 0) is 51.0 Å². The van der Waals surface area contributed by atoms with Gasteiger partial charge in [-0.3, -0.25) is 4.79 Å². The molecule has 2 heteroatoms. The van der Waals surface area contributed by atoms with Crippen molar-refractivity contribution < 1.29 is 9.18 Å². The van der Waals surface area contributed by atoms with Crippen LogP contribution in [0.4, 0.5) is 4.39 Å². The molecule has 0 unspecified atom stereocenters. The van der Waals surface area contributed by atoms with Crippen LogP contribution in [-0.4, -0.2) is 5.78 Å². The molecule has 21 heavy (non-hydrogen) atoms. The van der Waals surface area contributed by atoms with Crippen LogP contribution in [-0.2, 0) is 16.6 Å². The molecule has 0 aromatic heterocycles. The lowest BCUT2D eigenvalue weighted by atomic mass is 9.78. The van der Waals surface area contributed by atoms with Crippen LogP contribution in [0.5, 0.6) is 0 Å². The largest absolute Gasteiger partial charge is 0.298 e. The smallest absolute Gasteiger partial charge is 0.147 e. The second kappa shape index (κ2) is 5.80. The van der Waals surface area contributed by atoms with Gasteiger partial charge in [0.15, 0.2) is 0 Å². The van der Waals surface area contributed by atoms with Crippen molar-refractivity contribution in [3.05, 3.63) is 70.5 Å². The first-order valence-corrected chi connectivity index (χ1v) is 7.15. The molecule has 0 heterocycles. The van der Waals surface area contributed by atoms with Gasteiger partial charge >= 0.3 is 0 Å². The molecule has 0 N–H and O–H groups in total. The average Bonchev–Trinajstić information content (AvgIpc) is 2.37. The van der Waals surface area contributed by atoms with Gasteiger partial charge in [0.25, 0.3) is 0 Å². The highest BCUT2D eigenvalue weighted by Crippen LogP contribution is 2.26. The standard InChI is InChI=1S/C19H21FO/c1-13-9-14(2)11-15(10-13)12-18(21)19(3,4)16-5-7-17(20)8-6-16/h5-11H,12H2,1-4H3. The number of halogens is 1. The number of hydrogen-bond donors (Lipinski definition) is 0. The van der Waals surface area contributed by atoms with E-state index in [0.717, 1.165) is 22.3 Å². The quantitative estimate of drug-likeness (QED) is 0.806. The van der Waals surface area contributed by atoms with E-state index in [2.05, 4.69) is 6.07 Å². The molecule has 0 aliphatic carbocycles. The summed E-state index contributed by atoms with van der Waals surface area (Å²) >= 11 is 0. The van der Waals surface area contributed by atoms with Crippen molar-refractivity contribution in [1.82, 2.24) is 0 Å². The maximum atomic E-state index is 13.0. The third-order valence-electron chi connectivity index (χ3n) is 3.91. The summed E-state index contributed by atoms with van der Waals surface area (Å²) in [7, 11) is 0. The topological polar surface area (TPSA) is 17.1 Å². The molecule has 2 rings (SSSR count). The normalized spacial score (nSPS) is 11.5. The predicted octanol–water partition coefficient (Wildman–Crippen LogP) is 4.53. The summed E-state index contributed by atoms with van der Waals surface area (Å²) in [5.74, 6) is -0.143. The minimum Gasteiger partial charge on any atom is -0.298 e. The second-order valence-corrected chi connectivity index (χ2v) is 6.23. The van der Waals surface area contributed by atoms with E-state index in [1.54, 1.807) is 12.1 Å². The van der Waals surface area contributed by atoms with Gasteiger partial charge in [-0.15, -0.1) is 0 Å². The third kappa shape index (κ3) is 3.57. The van der Waals surface area contributed by atoms with Crippen molar-refractivity contribution in [3.8, 4) is 0 Å². The molecular weight excluding hydrogens is 263 g/mol. The van der Waals surface area contributed by atoms with Crippen LogP contribution in [0.1, 0.15) is 36.1 Å². The van der Waals surface area contributed by atoms with E-state index in [0.29, 0.717) is 6.42 Å². The molecule has 1 nitrogen and oxygen atoms in total. The average molecular weight is 284 g/mol. The zero-order valence-corrected chi connectivity index (χ0v) is 13.0. The van der Waals surface area contributed by atoms with Crippen LogP contribution >= 0.6 is 0 Å². The van der Waals surface area contributed by atoms with E-state index in [9.17, 15) is 9.18 Å². The van der Waals surface area contributed by atoms with Crippen LogP contribution in [0.2, 0.25) is 0 Å². The van der Waals surface area contributed by atoms with Crippen molar-refractivity contribution >= 4 is 5.78 Å². The van der Waals surface area contributed by atoms with E-state index in [1.807, 2.05) is 39.8 Å². The summed E-state index contributed by atoms with van der Waals surface area (Å²) in [6.07, 6.45) is 0.396. The highest BCUT2D eigenvalue weighted by Gasteiger charge is 2.29. The summed E-state index contributed by atoms with van der Waals surface area (Å²) in [6, 6.07) is 12.4. The number of ketones is 1. The van der Waals surface area contributed by atoms with Crippen molar-refractivity contribution in [2.45, 2.75) is 39.5 Å². The second-order valence-electron chi connectivity index (χ2n) is 6.23. The van der Waals surface area contributed by atoms with E-state index in [-0.39, 0.29) is 11.6 Å². The molecule has 0 fully saturated rings. The molecule has 0 aliphatic heterocycles. The SMILES string of the molecule is Cc1cc(C)cc(CC(=O)C(C)(C)c2ccc(F)cc2)c1. The zero-order valence-electron chi connectivity index (χ0n) is 13.0. The summed E-state index contributed by atoms with van der Waals surface area (Å²) < 4.78 is 13.0. The van der Waals surface area contributed by atoms with Gasteiger partial charge in [0.05, 0.1) is 0 Å². The van der Waals surface area contributed by atoms with Crippen LogP contribution < -0.4 is 0 Å². The molecule has 0 saturated carbocycles. The minimum absolute atomic E-state index is 0.138. The Morgan fingerprint density at radius 1 is 1.00 bits per heavy atom. The zero-order chi connectivity index (χ0) is 15.6. The lowest BCUT2D eigenvalue weighted by Crippen LogP contribution is -2.30. The number of Topliss-reactive ketones (excluding diaryl/α,β-unsaturated/α-hetero) is 1. The van der Waals surface area contributed by atoms with Crippen molar-refractivity contribution in [2.75, 3.05) is 0 Å².